The van der Waals surface area contributed by atoms with E-state index in [4.69, 9.17) is 0 Å². The first kappa shape index (κ1) is 15.7. The number of nitrogens with one attached hydrogen (secondary N) is 2. The second kappa shape index (κ2) is 8.67. The zero-order chi connectivity index (χ0) is 14.1. The third-order valence-electron chi connectivity index (χ3n) is 2.84. The third kappa shape index (κ3) is 7.59. The maximum Gasteiger partial charge on any atom is 0.221 e. The Hall–Kier alpha value is -1.39. The van der Waals surface area contributed by atoms with Crippen LogP contribution in [-0.2, 0) is 11.3 Å². The number of benzene rings is 1. The highest BCUT2D eigenvalue weighted by molar-refractivity contribution is 5.76. The van der Waals surface area contributed by atoms with Gasteiger partial charge < -0.3 is 15.5 Å². The zero-order valence-electron chi connectivity index (χ0n) is 12.2. The summed E-state index contributed by atoms with van der Waals surface area (Å²) in [6.07, 6.45) is 0.527. The topological polar surface area (TPSA) is 44.4 Å². The highest BCUT2D eigenvalue weighted by atomic mass is 16.1. The lowest BCUT2D eigenvalue weighted by atomic mass is 10.1. The first-order chi connectivity index (χ1) is 9.08. The maximum absolute atomic E-state index is 11.6. The van der Waals surface area contributed by atoms with Crippen LogP contribution in [0.4, 0.5) is 0 Å². The van der Waals surface area contributed by atoms with Crippen LogP contribution in [0.5, 0.6) is 0 Å². The lowest BCUT2D eigenvalue weighted by Crippen LogP contribution is -2.31. The van der Waals surface area contributed by atoms with Gasteiger partial charge in [-0.05, 0) is 26.6 Å². The molecule has 0 spiro atoms. The Balaban J connectivity index is 2.11. The first-order valence-electron chi connectivity index (χ1n) is 6.75. The summed E-state index contributed by atoms with van der Waals surface area (Å²) >= 11 is 0. The summed E-state index contributed by atoms with van der Waals surface area (Å²) in [5, 5.41) is 6.19. The van der Waals surface area contributed by atoms with Crippen LogP contribution in [0, 0.1) is 6.92 Å². The molecule has 1 amide bonds. The van der Waals surface area contributed by atoms with Gasteiger partial charge in [-0.1, -0.05) is 29.8 Å². The van der Waals surface area contributed by atoms with E-state index < -0.39 is 0 Å². The van der Waals surface area contributed by atoms with Gasteiger partial charge in [0.1, 0.15) is 0 Å². The number of aryl methyl sites for hydroxylation is 1. The molecule has 0 aliphatic rings. The Labute approximate surface area is 116 Å². The standard InChI is InChI=1S/C15H25N3O/c1-13-5-4-6-14(11-13)12-17-15(19)7-8-16-9-10-18(2)3/h4-6,11,16H,7-10,12H2,1-3H3,(H,17,19). The number of nitrogens with zero attached hydrogens (tertiary/aromatic N) is 1. The summed E-state index contributed by atoms with van der Waals surface area (Å²) in [4.78, 5) is 13.8. The van der Waals surface area contributed by atoms with Gasteiger partial charge in [0, 0.05) is 32.6 Å². The molecule has 19 heavy (non-hydrogen) atoms. The van der Waals surface area contributed by atoms with E-state index in [-0.39, 0.29) is 5.91 Å². The van der Waals surface area contributed by atoms with E-state index in [0.717, 1.165) is 25.2 Å². The highest BCUT2D eigenvalue weighted by Crippen LogP contribution is 2.03. The Bertz CT molecular complexity index is 391. The Morgan fingerprint density at radius 2 is 2.05 bits per heavy atom. The van der Waals surface area contributed by atoms with Gasteiger partial charge in [-0.15, -0.1) is 0 Å². The highest BCUT2D eigenvalue weighted by Gasteiger charge is 2.01. The summed E-state index contributed by atoms with van der Waals surface area (Å²) in [5.74, 6) is 0.0962. The summed E-state index contributed by atoms with van der Waals surface area (Å²) in [7, 11) is 4.08. The predicted octanol–water partition coefficient (Wildman–Crippen LogP) is 1.15. The summed E-state index contributed by atoms with van der Waals surface area (Å²) in [6.45, 7) is 5.30. The van der Waals surface area contributed by atoms with Crippen molar-refractivity contribution >= 4 is 5.91 Å². The number of rotatable bonds is 8. The van der Waals surface area contributed by atoms with Gasteiger partial charge in [-0.2, -0.15) is 0 Å². The van der Waals surface area contributed by atoms with E-state index in [1.165, 1.54) is 5.56 Å². The number of likely N-dealkylation sites (N-methyl/N-ethyl adjacent to an activating group) is 1. The second-order valence-corrected chi connectivity index (χ2v) is 5.07. The second-order valence-electron chi connectivity index (χ2n) is 5.07. The van der Waals surface area contributed by atoms with Crippen LogP contribution in [0.25, 0.3) is 0 Å². The van der Waals surface area contributed by atoms with Crippen molar-refractivity contribution < 1.29 is 4.79 Å². The number of carbonyl (C=O) groups is 1. The van der Waals surface area contributed by atoms with Crippen LogP contribution in [0.1, 0.15) is 17.5 Å². The van der Waals surface area contributed by atoms with Gasteiger partial charge >= 0.3 is 0 Å². The van der Waals surface area contributed by atoms with E-state index in [9.17, 15) is 4.79 Å². The van der Waals surface area contributed by atoms with E-state index in [1.807, 2.05) is 26.2 Å². The molecule has 106 valence electrons. The van der Waals surface area contributed by atoms with Crippen LogP contribution in [0.3, 0.4) is 0 Å². The van der Waals surface area contributed by atoms with Crippen molar-refractivity contribution in [1.82, 2.24) is 15.5 Å². The van der Waals surface area contributed by atoms with Crippen LogP contribution in [-0.4, -0.2) is 44.5 Å². The van der Waals surface area contributed by atoms with Crippen molar-refractivity contribution in [1.29, 1.82) is 0 Å². The summed E-state index contributed by atoms with van der Waals surface area (Å²) in [5.41, 5.74) is 2.37. The molecule has 0 bridgehead atoms. The SMILES string of the molecule is Cc1cccc(CNC(=O)CCNCCN(C)C)c1. The molecule has 4 nitrogen and oxygen atoms in total. The average molecular weight is 263 g/mol. The van der Waals surface area contributed by atoms with Crippen LogP contribution >= 0.6 is 0 Å². The van der Waals surface area contributed by atoms with Gasteiger partial charge in [0.05, 0.1) is 0 Å². The van der Waals surface area contributed by atoms with Gasteiger partial charge in [0.2, 0.25) is 5.91 Å². The van der Waals surface area contributed by atoms with Gasteiger partial charge in [-0.3, -0.25) is 4.79 Å². The first-order valence-corrected chi connectivity index (χ1v) is 6.75. The fraction of sp³-hybridized carbons (Fsp3) is 0.533. The molecule has 0 saturated carbocycles. The molecule has 0 aliphatic heterocycles. The minimum absolute atomic E-state index is 0.0962. The molecular weight excluding hydrogens is 238 g/mol. The summed E-state index contributed by atoms with van der Waals surface area (Å²) in [6, 6.07) is 8.19. The Morgan fingerprint density at radius 1 is 1.26 bits per heavy atom. The van der Waals surface area contributed by atoms with Crippen LogP contribution < -0.4 is 10.6 Å². The van der Waals surface area contributed by atoms with Gasteiger partial charge in [-0.25, -0.2) is 0 Å². The van der Waals surface area contributed by atoms with Crippen molar-refractivity contribution in [2.75, 3.05) is 33.7 Å². The molecule has 1 aromatic carbocycles. The number of hydrogen-bond donors (Lipinski definition) is 2. The van der Waals surface area contributed by atoms with Crippen molar-refractivity contribution in [3.8, 4) is 0 Å². The van der Waals surface area contributed by atoms with E-state index in [1.54, 1.807) is 0 Å². The molecule has 2 N–H and O–H groups in total. The molecule has 0 fully saturated rings. The fourth-order valence-corrected chi connectivity index (χ4v) is 1.74. The Morgan fingerprint density at radius 3 is 2.74 bits per heavy atom. The van der Waals surface area contributed by atoms with Crippen molar-refractivity contribution in [3.05, 3.63) is 35.4 Å². The molecule has 1 rings (SSSR count). The van der Waals surface area contributed by atoms with Crippen molar-refractivity contribution in [2.45, 2.75) is 19.9 Å². The largest absolute Gasteiger partial charge is 0.352 e. The third-order valence-corrected chi connectivity index (χ3v) is 2.84. The minimum Gasteiger partial charge on any atom is -0.352 e. The fourth-order valence-electron chi connectivity index (χ4n) is 1.74. The molecule has 0 aliphatic carbocycles. The lowest BCUT2D eigenvalue weighted by Gasteiger charge is -2.10. The van der Waals surface area contributed by atoms with Gasteiger partial charge in [0.15, 0.2) is 0 Å². The molecule has 0 radical (unpaired) electrons. The lowest BCUT2D eigenvalue weighted by molar-refractivity contribution is -0.121. The molecule has 0 aromatic heterocycles. The quantitative estimate of drug-likeness (QED) is 0.692. The van der Waals surface area contributed by atoms with Crippen molar-refractivity contribution in [3.63, 3.8) is 0 Å². The van der Waals surface area contributed by atoms with Gasteiger partial charge in [0.25, 0.3) is 0 Å². The molecule has 0 heterocycles. The molecule has 1 aromatic rings. The summed E-state index contributed by atoms with van der Waals surface area (Å²) < 4.78 is 0. The van der Waals surface area contributed by atoms with E-state index in [2.05, 4.69) is 34.6 Å². The Kier molecular flexibility index (Phi) is 7.15. The predicted molar refractivity (Wildman–Crippen MR) is 79.1 cm³/mol. The maximum atomic E-state index is 11.6. The molecule has 4 heteroatoms. The monoisotopic (exact) mass is 263 g/mol. The molecule has 0 unspecified atom stereocenters. The van der Waals surface area contributed by atoms with E-state index >= 15 is 0 Å². The normalized spacial score (nSPS) is 10.7. The molecule has 0 atom stereocenters. The van der Waals surface area contributed by atoms with E-state index in [0.29, 0.717) is 13.0 Å². The molecular formula is C15H25N3O. The number of amides is 1. The average Bonchev–Trinajstić information content (AvgIpc) is 2.35. The van der Waals surface area contributed by atoms with Crippen LogP contribution in [0.2, 0.25) is 0 Å². The zero-order valence-corrected chi connectivity index (χ0v) is 12.2. The van der Waals surface area contributed by atoms with Crippen LogP contribution in [0.15, 0.2) is 24.3 Å². The number of hydrogen-bond acceptors (Lipinski definition) is 3. The molecule has 0 saturated heterocycles. The van der Waals surface area contributed by atoms with Crippen molar-refractivity contribution in [2.24, 2.45) is 0 Å². The smallest absolute Gasteiger partial charge is 0.221 e. The minimum atomic E-state index is 0.0962. The number of carbonyl (C=O) groups excluding carboxylic acids is 1.